The lowest BCUT2D eigenvalue weighted by Gasteiger charge is -2.28. The summed E-state index contributed by atoms with van der Waals surface area (Å²) in [6, 6.07) is 7.91. The Morgan fingerprint density at radius 2 is 1.74 bits per heavy atom. The molecule has 2 aromatic carbocycles. The van der Waals surface area contributed by atoms with Gasteiger partial charge in [-0.3, -0.25) is 0 Å². The van der Waals surface area contributed by atoms with Crippen LogP contribution in [0.25, 0.3) is 0 Å². The summed E-state index contributed by atoms with van der Waals surface area (Å²) in [6.07, 6.45) is 8.09. The zero-order chi connectivity index (χ0) is 25.2. The quantitative estimate of drug-likeness (QED) is 0.152. The molecule has 0 aliphatic heterocycles. The van der Waals surface area contributed by atoms with Crippen molar-refractivity contribution >= 4 is 5.97 Å². The van der Waals surface area contributed by atoms with Gasteiger partial charge in [-0.15, -0.1) is 0 Å². The van der Waals surface area contributed by atoms with Crippen LogP contribution < -0.4 is 9.47 Å². The Kier molecular flexibility index (Phi) is 9.98. The van der Waals surface area contributed by atoms with E-state index >= 15 is 0 Å². The van der Waals surface area contributed by atoms with Crippen LogP contribution in [0.15, 0.2) is 30.3 Å². The first-order valence-electron chi connectivity index (χ1n) is 12.1. The standard InChI is InChI=1S/C27H30F3NO4/c1-2-3-4-5-14-33-20-10-8-19(9-11-20)17-34-26-23(28)15-22(24(29)25(26)30)27(32)35-21-12-6-18(16-31)7-13-21/h6-7,12-13,15,19-20H,2-5,8-11,14,17H2,1H3. The summed E-state index contributed by atoms with van der Waals surface area (Å²) < 4.78 is 59.8. The van der Waals surface area contributed by atoms with Crippen LogP contribution in [-0.2, 0) is 4.74 Å². The van der Waals surface area contributed by atoms with Crippen molar-refractivity contribution in [3.8, 4) is 17.6 Å². The van der Waals surface area contributed by atoms with Gasteiger partial charge in [-0.25, -0.2) is 13.6 Å². The summed E-state index contributed by atoms with van der Waals surface area (Å²) in [5.74, 6) is -6.30. The molecule has 8 heteroatoms. The number of ether oxygens (including phenoxy) is 3. The van der Waals surface area contributed by atoms with Gasteiger partial charge >= 0.3 is 5.97 Å². The molecule has 0 unspecified atom stereocenters. The van der Waals surface area contributed by atoms with Crippen LogP contribution in [0.5, 0.6) is 11.5 Å². The molecule has 0 atom stereocenters. The third kappa shape index (κ3) is 7.46. The molecule has 0 aromatic heterocycles. The van der Waals surface area contributed by atoms with Crippen molar-refractivity contribution in [3.05, 3.63) is 58.9 Å². The third-order valence-electron chi connectivity index (χ3n) is 6.14. The fourth-order valence-electron chi connectivity index (χ4n) is 4.06. The molecule has 3 rings (SSSR count). The second kappa shape index (κ2) is 13.1. The molecule has 188 valence electrons. The zero-order valence-electron chi connectivity index (χ0n) is 19.8. The number of hydrogen-bond donors (Lipinski definition) is 0. The minimum absolute atomic E-state index is 0.00934. The Hall–Kier alpha value is -3.05. The van der Waals surface area contributed by atoms with E-state index in [1.165, 1.54) is 43.5 Å². The van der Waals surface area contributed by atoms with E-state index in [2.05, 4.69) is 6.92 Å². The van der Waals surface area contributed by atoms with Gasteiger partial charge in [0, 0.05) is 6.61 Å². The number of carbonyl (C=O) groups excluding carboxylic acids is 1. The maximum Gasteiger partial charge on any atom is 0.346 e. The third-order valence-corrected chi connectivity index (χ3v) is 6.14. The van der Waals surface area contributed by atoms with Crippen molar-refractivity contribution in [3.63, 3.8) is 0 Å². The minimum atomic E-state index is -1.57. The van der Waals surface area contributed by atoms with Crippen molar-refractivity contribution in [2.24, 2.45) is 5.92 Å². The SMILES string of the molecule is CCCCCCOC1CCC(COc2c(F)cc(C(=O)Oc3ccc(C#N)cc3)c(F)c2F)CC1. The molecular weight excluding hydrogens is 459 g/mol. The van der Waals surface area contributed by atoms with Crippen molar-refractivity contribution in [1.82, 2.24) is 0 Å². The maximum atomic E-state index is 14.6. The lowest BCUT2D eigenvalue weighted by Crippen LogP contribution is -2.25. The predicted molar refractivity (Wildman–Crippen MR) is 124 cm³/mol. The molecule has 1 aliphatic carbocycles. The van der Waals surface area contributed by atoms with Gasteiger partial charge in [0.2, 0.25) is 5.82 Å². The highest BCUT2D eigenvalue weighted by Crippen LogP contribution is 2.31. The fraction of sp³-hybridized carbons (Fsp3) is 0.481. The van der Waals surface area contributed by atoms with E-state index in [0.29, 0.717) is 11.6 Å². The van der Waals surface area contributed by atoms with Gasteiger partial charge in [-0.05, 0) is 68.4 Å². The van der Waals surface area contributed by atoms with E-state index in [-0.39, 0.29) is 24.4 Å². The molecule has 0 saturated heterocycles. The van der Waals surface area contributed by atoms with Crippen LogP contribution in [0.4, 0.5) is 13.2 Å². The average molecular weight is 490 g/mol. The molecule has 5 nitrogen and oxygen atoms in total. The second-order valence-corrected chi connectivity index (χ2v) is 8.77. The van der Waals surface area contributed by atoms with E-state index in [4.69, 9.17) is 19.5 Å². The lowest BCUT2D eigenvalue weighted by molar-refractivity contribution is 0.0107. The first kappa shape index (κ1) is 26.6. The van der Waals surface area contributed by atoms with E-state index in [1.807, 2.05) is 6.07 Å². The second-order valence-electron chi connectivity index (χ2n) is 8.77. The highest BCUT2D eigenvalue weighted by molar-refractivity contribution is 5.91. The molecule has 0 radical (unpaired) electrons. The van der Waals surface area contributed by atoms with Gasteiger partial charge in [0.25, 0.3) is 0 Å². The summed E-state index contributed by atoms with van der Waals surface area (Å²) in [4.78, 5) is 12.3. The maximum absolute atomic E-state index is 14.6. The predicted octanol–water partition coefficient (Wildman–Crippen LogP) is 6.73. The van der Waals surface area contributed by atoms with Crippen molar-refractivity contribution in [1.29, 1.82) is 5.26 Å². The lowest BCUT2D eigenvalue weighted by atomic mass is 9.88. The topological polar surface area (TPSA) is 68.6 Å². The van der Waals surface area contributed by atoms with Gasteiger partial charge in [-0.2, -0.15) is 9.65 Å². The number of hydrogen-bond acceptors (Lipinski definition) is 5. The van der Waals surface area contributed by atoms with Gasteiger partial charge in [0.05, 0.1) is 24.3 Å². The minimum Gasteiger partial charge on any atom is -0.487 e. The molecule has 0 bridgehead atoms. The van der Waals surface area contributed by atoms with Crippen LogP contribution in [0.2, 0.25) is 0 Å². The number of rotatable bonds is 11. The van der Waals surface area contributed by atoms with Crippen molar-refractivity contribution in [2.75, 3.05) is 13.2 Å². The Bertz CT molecular complexity index is 1030. The molecule has 35 heavy (non-hydrogen) atoms. The van der Waals surface area contributed by atoms with E-state index in [0.717, 1.165) is 38.7 Å². The van der Waals surface area contributed by atoms with Gasteiger partial charge < -0.3 is 14.2 Å². The summed E-state index contributed by atoms with van der Waals surface area (Å²) >= 11 is 0. The monoisotopic (exact) mass is 489 g/mol. The van der Waals surface area contributed by atoms with Crippen molar-refractivity contribution in [2.45, 2.75) is 64.4 Å². The highest BCUT2D eigenvalue weighted by atomic mass is 19.2. The average Bonchev–Trinajstić information content (AvgIpc) is 2.87. The molecule has 0 heterocycles. The summed E-state index contributed by atoms with van der Waals surface area (Å²) in [5.41, 5.74) is -0.550. The molecular formula is C27H30F3NO4. The molecule has 2 aromatic rings. The van der Waals surface area contributed by atoms with E-state index < -0.39 is 34.7 Å². The number of esters is 1. The number of nitrogens with zero attached hydrogens (tertiary/aromatic N) is 1. The Morgan fingerprint density at radius 3 is 2.40 bits per heavy atom. The van der Waals surface area contributed by atoms with Gasteiger partial charge in [-0.1, -0.05) is 26.2 Å². The van der Waals surface area contributed by atoms with Gasteiger partial charge in [0.1, 0.15) is 11.3 Å². The summed E-state index contributed by atoms with van der Waals surface area (Å²) in [7, 11) is 0. The van der Waals surface area contributed by atoms with Crippen LogP contribution >= 0.6 is 0 Å². The summed E-state index contributed by atoms with van der Waals surface area (Å²) in [6.45, 7) is 2.96. The molecule has 0 N–H and O–H groups in total. The Morgan fingerprint density at radius 1 is 1.03 bits per heavy atom. The van der Waals surface area contributed by atoms with E-state index in [1.54, 1.807) is 0 Å². The number of unbranched alkanes of at least 4 members (excludes halogenated alkanes) is 3. The van der Waals surface area contributed by atoms with Crippen LogP contribution in [0, 0.1) is 34.7 Å². The molecule has 1 fully saturated rings. The Labute approximate surface area is 203 Å². The molecule has 1 aliphatic rings. The van der Waals surface area contributed by atoms with Crippen LogP contribution in [0.3, 0.4) is 0 Å². The number of carbonyl (C=O) groups is 1. The molecule has 0 spiro atoms. The number of halogens is 3. The fourth-order valence-corrected chi connectivity index (χ4v) is 4.06. The molecule has 0 amide bonds. The first-order chi connectivity index (χ1) is 16.9. The van der Waals surface area contributed by atoms with E-state index in [9.17, 15) is 18.0 Å². The molecule has 1 saturated carbocycles. The highest BCUT2D eigenvalue weighted by Gasteiger charge is 2.27. The Balaban J connectivity index is 1.52. The van der Waals surface area contributed by atoms with Crippen LogP contribution in [0.1, 0.15) is 74.2 Å². The number of nitriles is 1. The van der Waals surface area contributed by atoms with Crippen molar-refractivity contribution < 1.29 is 32.2 Å². The van der Waals surface area contributed by atoms with Crippen LogP contribution in [-0.4, -0.2) is 25.3 Å². The largest absolute Gasteiger partial charge is 0.487 e. The smallest absolute Gasteiger partial charge is 0.346 e. The first-order valence-corrected chi connectivity index (χ1v) is 12.1. The number of benzene rings is 2. The normalized spacial score (nSPS) is 17.6. The van der Waals surface area contributed by atoms with Gasteiger partial charge in [0.15, 0.2) is 17.4 Å². The zero-order valence-corrected chi connectivity index (χ0v) is 19.8. The summed E-state index contributed by atoms with van der Waals surface area (Å²) in [5, 5.41) is 8.80.